The Hall–Kier alpha value is -1.68. The summed E-state index contributed by atoms with van der Waals surface area (Å²) < 4.78 is 4.93. The highest BCUT2D eigenvalue weighted by atomic mass is 16.5. The van der Waals surface area contributed by atoms with Crippen molar-refractivity contribution >= 4 is 0 Å². The summed E-state index contributed by atoms with van der Waals surface area (Å²) in [6, 6.07) is 8.95. The molecule has 0 saturated heterocycles. The molecule has 1 N–H and O–H groups in total. The molecule has 1 atom stereocenters. The van der Waals surface area contributed by atoms with Gasteiger partial charge in [-0.05, 0) is 24.5 Å². The van der Waals surface area contributed by atoms with Gasteiger partial charge in [0.1, 0.15) is 0 Å². The van der Waals surface area contributed by atoms with Gasteiger partial charge in [-0.15, -0.1) is 0 Å². The third-order valence-electron chi connectivity index (χ3n) is 3.02. The smallest absolute Gasteiger partial charge is 0.223 e. The second-order valence-corrected chi connectivity index (χ2v) is 4.43. The van der Waals surface area contributed by atoms with Crippen molar-refractivity contribution in [2.75, 3.05) is 0 Å². The molecule has 1 aromatic heterocycles. The molecular weight excluding hydrogens is 226 g/mol. The number of hydrogen-bond donors (Lipinski definition) is 1. The molecule has 0 aliphatic heterocycles. The van der Waals surface area contributed by atoms with Crippen LogP contribution >= 0.6 is 0 Å². The highest BCUT2D eigenvalue weighted by molar-refractivity contribution is 5.24. The molecule has 0 radical (unpaired) electrons. The van der Waals surface area contributed by atoms with Crippen LogP contribution in [0.5, 0.6) is 0 Å². The lowest BCUT2D eigenvalue weighted by Gasteiger charge is -2.13. The topological polar surface area (TPSA) is 51.0 Å². The Morgan fingerprint density at radius 2 is 2.00 bits per heavy atom. The molecule has 0 aliphatic carbocycles. The van der Waals surface area contributed by atoms with Crippen LogP contribution in [0.3, 0.4) is 0 Å². The van der Waals surface area contributed by atoms with Gasteiger partial charge in [-0.1, -0.05) is 36.3 Å². The van der Waals surface area contributed by atoms with E-state index in [-0.39, 0.29) is 6.04 Å². The van der Waals surface area contributed by atoms with Crippen molar-refractivity contribution in [3.05, 3.63) is 47.1 Å². The van der Waals surface area contributed by atoms with Gasteiger partial charge in [0.05, 0.1) is 6.54 Å². The van der Waals surface area contributed by atoms with Crippen LogP contribution in [0.4, 0.5) is 0 Å². The van der Waals surface area contributed by atoms with E-state index in [2.05, 4.69) is 53.6 Å². The standard InChI is InChI=1S/C14H19N3O/c1-4-12-5-7-13(8-6-12)10(2)15-9-14-16-11(3)18-17-14/h5-8,10,15H,4,9H2,1-3H3. The van der Waals surface area contributed by atoms with Crippen molar-refractivity contribution in [2.24, 2.45) is 0 Å². The van der Waals surface area contributed by atoms with Gasteiger partial charge >= 0.3 is 0 Å². The van der Waals surface area contributed by atoms with Crippen molar-refractivity contribution < 1.29 is 4.52 Å². The van der Waals surface area contributed by atoms with Crippen LogP contribution in [0, 0.1) is 6.92 Å². The molecule has 0 amide bonds. The Kier molecular flexibility index (Phi) is 4.10. The quantitative estimate of drug-likeness (QED) is 0.880. The molecule has 1 unspecified atom stereocenters. The molecule has 18 heavy (non-hydrogen) atoms. The minimum atomic E-state index is 0.273. The van der Waals surface area contributed by atoms with Crippen molar-refractivity contribution in [1.29, 1.82) is 0 Å². The fraction of sp³-hybridized carbons (Fsp3) is 0.429. The Morgan fingerprint density at radius 1 is 1.28 bits per heavy atom. The summed E-state index contributed by atoms with van der Waals surface area (Å²) in [4.78, 5) is 4.16. The van der Waals surface area contributed by atoms with E-state index < -0.39 is 0 Å². The maximum Gasteiger partial charge on any atom is 0.223 e. The van der Waals surface area contributed by atoms with Crippen LogP contribution in [0.1, 0.15) is 42.7 Å². The largest absolute Gasteiger partial charge is 0.340 e. The Balaban J connectivity index is 1.92. The van der Waals surface area contributed by atoms with E-state index in [1.54, 1.807) is 6.92 Å². The zero-order valence-corrected chi connectivity index (χ0v) is 11.1. The number of nitrogens with zero attached hydrogens (tertiary/aromatic N) is 2. The monoisotopic (exact) mass is 245 g/mol. The Labute approximate surface area is 107 Å². The predicted molar refractivity (Wildman–Crippen MR) is 70.1 cm³/mol. The molecule has 1 aromatic carbocycles. The van der Waals surface area contributed by atoms with Gasteiger partial charge in [-0.3, -0.25) is 0 Å². The number of hydrogen-bond acceptors (Lipinski definition) is 4. The van der Waals surface area contributed by atoms with Crippen LogP contribution in [-0.2, 0) is 13.0 Å². The normalized spacial score (nSPS) is 12.6. The van der Waals surface area contributed by atoms with E-state index in [1.165, 1.54) is 11.1 Å². The van der Waals surface area contributed by atoms with Crippen molar-refractivity contribution in [2.45, 2.75) is 39.8 Å². The molecule has 0 aliphatic rings. The van der Waals surface area contributed by atoms with Crippen LogP contribution < -0.4 is 5.32 Å². The summed E-state index contributed by atoms with van der Waals surface area (Å²) in [6.07, 6.45) is 1.07. The number of rotatable bonds is 5. The highest BCUT2D eigenvalue weighted by Gasteiger charge is 2.07. The number of nitrogens with one attached hydrogen (secondary N) is 1. The van der Waals surface area contributed by atoms with Crippen molar-refractivity contribution in [3.8, 4) is 0 Å². The summed E-state index contributed by atoms with van der Waals surface area (Å²) in [7, 11) is 0. The summed E-state index contributed by atoms with van der Waals surface area (Å²) in [5, 5.41) is 7.24. The average molecular weight is 245 g/mol. The Bertz CT molecular complexity index is 490. The summed E-state index contributed by atoms with van der Waals surface area (Å²) in [5.41, 5.74) is 2.63. The molecule has 0 fully saturated rings. The summed E-state index contributed by atoms with van der Waals surface area (Å²) in [5.74, 6) is 1.30. The summed E-state index contributed by atoms with van der Waals surface area (Å²) in [6.45, 7) is 6.71. The van der Waals surface area contributed by atoms with Crippen molar-refractivity contribution in [3.63, 3.8) is 0 Å². The van der Waals surface area contributed by atoms with Gasteiger partial charge in [0.25, 0.3) is 0 Å². The minimum Gasteiger partial charge on any atom is -0.340 e. The molecule has 0 saturated carbocycles. The molecule has 4 nitrogen and oxygen atoms in total. The van der Waals surface area contributed by atoms with Gasteiger partial charge in [-0.25, -0.2) is 0 Å². The third-order valence-corrected chi connectivity index (χ3v) is 3.02. The highest BCUT2D eigenvalue weighted by Crippen LogP contribution is 2.14. The Morgan fingerprint density at radius 3 is 2.56 bits per heavy atom. The van der Waals surface area contributed by atoms with E-state index in [0.29, 0.717) is 18.3 Å². The van der Waals surface area contributed by atoms with Crippen LogP contribution in [0.2, 0.25) is 0 Å². The first kappa shape index (κ1) is 12.8. The first-order valence-corrected chi connectivity index (χ1v) is 6.30. The first-order valence-electron chi connectivity index (χ1n) is 6.30. The van der Waals surface area contributed by atoms with Gasteiger partial charge < -0.3 is 9.84 Å². The van der Waals surface area contributed by atoms with Crippen LogP contribution in [-0.4, -0.2) is 10.1 Å². The fourth-order valence-corrected chi connectivity index (χ4v) is 1.82. The lowest BCUT2D eigenvalue weighted by atomic mass is 10.1. The van der Waals surface area contributed by atoms with E-state index in [9.17, 15) is 0 Å². The summed E-state index contributed by atoms with van der Waals surface area (Å²) >= 11 is 0. The zero-order chi connectivity index (χ0) is 13.0. The van der Waals surface area contributed by atoms with Gasteiger partial charge in [0, 0.05) is 13.0 Å². The first-order chi connectivity index (χ1) is 8.69. The number of aryl methyl sites for hydroxylation is 2. The van der Waals surface area contributed by atoms with E-state index >= 15 is 0 Å². The molecule has 1 heterocycles. The fourth-order valence-electron chi connectivity index (χ4n) is 1.82. The van der Waals surface area contributed by atoms with Crippen LogP contribution in [0.25, 0.3) is 0 Å². The average Bonchev–Trinajstić information content (AvgIpc) is 2.82. The third kappa shape index (κ3) is 3.17. The lowest BCUT2D eigenvalue weighted by molar-refractivity contribution is 0.384. The molecule has 2 aromatic rings. The molecule has 0 bridgehead atoms. The molecule has 4 heteroatoms. The molecular formula is C14H19N3O. The van der Waals surface area contributed by atoms with E-state index in [0.717, 1.165) is 6.42 Å². The number of benzene rings is 1. The van der Waals surface area contributed by atoms with Gasteiger partial charge in [-0.2, -0.15) is 4.98 Å². The minimum absolute atomic E-state index is 0.273. The zero-order valence-electron chi connectivity index (χ0n) is 11.1. The van der Waals surface area contributed by atoms with Crippen LogP contribution in [0.15, 0.2) is 28.8 Å². The maximum atomic E-state index is 4.93. The number of aromatic nitrogens is 2. The second kappa shape index (κ2) is 5.78. The second-order valence-electron chi connectivity index (χ2n) is 4.43. The van der Waals surface area contributed by atoms with E-state index in [4.69, 9.17) is 4.52 Å². The molecule has 0 spiro atoms. The van der Waals surface area contributed by atoms with Crippen molar-refractivity contribution in [1.82, 2.24) is 15.5 Å². The van der Waals surface area contributed by atoms with Gasteiger partial charge in [0.2, 0.25) is 5.89 Å². The van der Waals surface area contributed by atoms with Gasteiger partial charge in [0.15, 0.2) is 5.82 Å². The molecule has 2 rings (SSSR count). The maximum absolute atomic E-state index is 4.93. The predicted octanol–water partition coefficient (Wildman–Crippen LogP) is 2.79. The molecule has 96 valence electrons. The SMILES string of the molecule is CCc1ccc(C(C)NCc2noc(C)n2)cc1. The van der Waals surface area contributed by atoms with E-state index in [1.807, 2.05) is 0 Å². The lowest BCUT2D eigenvalue weighted by Crippen LogP contribution is -2.18.